The molecule has 0 saturated heterocycles. The predicted molar refractivity (Wildman–Crippen MR) is 96.9 cm³/mol. The van der Waals surface area contributed by atoms with E-state index in [1.807, 2.05) is 24.3 Å². The summed E-state index contributed by atoms with van der Waals surface area (Å²) >= 11 is 0. The van der Waals surface area contributed by atoms with Crippen molar-refractivity contribution in [1.29, 1.82) is 0 Å². The van der Waals surface area contributed by atoms with Crippen molar-refractivity contribution < 1.29 is 20.1 Å². The van der Waals surface area contributed by atoms with E-state index in [9.17, 15) is 15.3 Å². The lowest BCUT2D eigenvalue weighted by atomic mass is 9.78. The number of hydrogen-bond donors (Lipinski definition) is 3. The molecule has 4 atom stereocenters. The van der Waals surface area contributed by atoms with Crippen LogP contribution in [-0.4, -0.2) is 34.6 Å². The summed E-state index contributed by atoms with van der Waals surface area (Å²) in [6.45, 7) is 0. The molecule has 0 fully saturated rings. The molecule has 1 aliphatic carbocycles. The highest BCUT2D eigenvalue weighted by Gasteiger charge is 2.42. The quantitative estimate of drug-likeness (QED) is 0.468. The third-order valence-corrected chi connectivity index (χ3v) is 5.56. The molecule has 4 heteroatoms. The maximum Gasteiger partial charge on any atom is 0.113 e. The highest BCUT2D eigenvalue weighted by molar-refractivity contribution is 6.23. The van der Waals surface area contributed by atoms with Gasteiger partial charge in [0.15, 0.2) is 0 Å². The zero-order chi connectivity index (χ0) is 17.3. The number of aliphatic hydroxyl groups is 3. The maximum atomic E-state index is 10.5. The molecule has 0 aliphatic heterocycles. The van der Waals surface area contributed by atoms with Gasteiger partial charge in [-0.1, -0.05) is 42.5 Å². The Labute approximate surface area is 144 Å². The second-order valence-electron chi connectivity index (χ2n) is 6.82. The Hall–Kier alpha value is -2.24. The van der Waals surface area contributed by atoms with Gasteiger partial charge in [0.1, 0.15) is 24.4 Å². The number of hydrogen-bond acceptors (Lipinski definition) is 4. The molecule has 0 saturated carbocycles. The topological polar surface area (TPSA) is 69.9 Å². The highest BCUT2D eigenvalue weighted by atomic mass is 16.5. The molecule has 25 heavy (non-hydrogen) atoms. The Morgan fingerprint density at radius 3 is 2.20 bits per heavy atom. The van der Waals surface area contributed by atoms with E-state index in [0.717, 1.165) is 32.5 Å². The minimum Gasteiger partial charge on any atom is -0.387 e. The average molecular weight is 334 g/mol. The van der Waals surface area contributed by atoms with E-state index >= 15 is 0 Å². The van der Waals surface area contributed by atoms with Crippen molar-refractivity contribution in [3.63, 3.8) is 0 Å². The van der Waals surface area contributed by atoms with Gasteiger partial charge in [-0.3, -0.25) is 0 Å². The Bertz CT molecular complexity index is 1090. The molecule has 0 unspecified atom stereocenters. The molecule has 1 aliphatic rings. The van der Waals surface area contributed by atoms with Crippen LogP contribution in [0.1, 0.15) is 23.3 Å². The fraction of sp³-hybridized carbons (Fsp3) is 0.238. The van der Waals surface area contributed by atoms with Crippen molar-refractivity contribution in [3.05, 3.63) is 59.7 Å². The Morgan fingerprint density at radius 1 is 0.800 bits per heavy atom. The molecule has 4 aromatic rings. The zero-order valence-corrected chi connectivity index (χ0v) is 13.7. The lowest BCUT2D eigenvalue weighted by molar-refractivity contribution is -0.129. The van der Waals surface area contributed by atoms with Crippen molar-refractivity contribution in [2.24, 2.45) is 0 Å². The lowest BCUT2D eigenvalue weighted by Gasteiger charge is -2.37. The van der Waals surface area contributed by atoms with Gasteiger partial charge < -0.3 is 20.1 Å². The van der Waals surface area contributed by atoms with E-state index in [1.165, 1.54) is 12.5 Å². The van der Waals surface area contributed by atoms with Crippen LogP contribution >= 0.6 is 0 Å². The lowest BCUT2D eigenvalue weighted by Crippen LogP contribution is -2.42. The number of rotatable bonds is 1. The maximum absolute atomic E-state index is 10.5. The van der Waals surface area contributed by atoms with E-state index in [0.29, 0.717) is 5.56 Å². The Kier molecular flexibility index (Phi) is 3.09. The molecular formula is C21H18O4. The van der Waals surface area contributed by atoms with Crippen molar-refractivity contribution >= 4 is 32.3 Å². The first-order valence-corrected chi connectivity index (χ1v) is 8.39. The number of fused-ring (bicyclic) bond motifs is 2. The summed E-state index contributed by atoms with van der Waals surface area (Å²) < 4.78 is 5.52. The van der Waals surface area contributed by atoms with Gasteiger partial charge in [-0.2, -0.15) is 0 Å². The largest absolute Gasteiger partial charge is 0.387 e. The van der Waals surface area contributed by atoms with Gasteiger partial charge in [0.05, 0.1) is 0 Å². The average Bonchev–Trinajstić information content (AvgIpc) is 2.65. The first kappa shape index (κ1) is 15.0. The summed E-state index contributed by atoms with van der Waals surface area (Å²) in [4.78, 5) is 0. The summed E-state index contributed by atoms with van der Waals surface area (Å²) in [6.07, 6.45) is -4.27. The molecule has 0 radical (unpaired) electrons. The number of aliphatic hydroxyl groups excluding tert-OH is 3. The van der Waals surface area contributed by atoms with Gasteiger partial charge in [0.2, 0.25) is 0 Å². The van der Waals surface area contributed by atoms with Crippen LogP contribution in [0.5, 0.6) is 0 Å². The Morgan fingerprint density at radius 2 is 1.48 bits per heavy atom. The molecule has 0 bridgehead atoms. The fourth-order valence-corrected chi connectivity index (χ4v) is 4.39. The first-order valence-electron chi connectivity index (χ1n) is 8.39. The van der Waals surface area contributed by atoms with Crippen LogP contribution in [0.4, 0.5) is 0 Å². The van der Waals surface area contributed by atoms with Gasteiger partial charge in [-0.25, -0.2) is 0 Å². The van der Waals surface area contributed by atoms with E-state index in [4.69, 9.17) is 4.74 Å². The minimum atomic E-state index is -1.27. The van der Waals surface area contributed by atoms with Crippen LogP contribution in [0.3, 0.4) is 0 Å². The van der Waals surface area contributed by atoms with Crippen LogP contribution in [-0.2, 0) is 4.74 Å². The standard InChI is InChI=1S/C21H18O4/c1-25-21-17-13-8-7-11-4-2-3-10-5-6-12(16(13)15(10)11)9-14(17)18(22)19(23)20(21)24/h2-9,18-24H,1H3/t18-,19+,20-,21+/m1/s1. The van der Waals surface area contributed by atoms with Crippen LogP contribution in [0, 0.1) is 0 Å². The summed E-state index contributed by atoms with van der Waals surface area (Å²) in [5.74, 6) is 0. The monoisotopic (exact) mass is 334 g/mol. The second kappa shape index (κ2) is 5.13. The summed E-state index contributed by atoms with van der Waals surface area (Å²) in [5, 5.41) is 37.7. The molecule has 3 N–H and O–H groups in total. The normalized spacial score (nSPS) is 26.6. The molecule has 4 aromatic carbocycles. The van der Waals surface area contributed by atoms with Gasteiger partial charge in [0, 0.05) is 7.11 Å². The van der Waals surface area contributed by atoms with E-state index in [2.05, 4.69) is 24.3 Å². The Balaban J connectivity index is 1.99. The minimum absolute atomic E-state index is 0.621. The van der Waals surface area contributed by atoms with Crippen LogP contribution in [0.2, 0.25) is 0 Å². The van der Waals surface area contributed by atoms with Crippen molar-refractivity contribution in [1.82, 2.24) is 0 Å². The zero-order valence-electron chi connectivity index (χ0n) is 13.7. The van der Waals surface area contributed by atoms with E-state index in [-0.39, 0.29) is 0 Å². The SMILES string of the molecule is CO[C@H]1c2c(cc3ccc4cccc5ccc2c3c45)[C@@H](O)[C@H](O)[C@H]1O. The van der Waals surface area contributed by atoms with Crippen molar-refractivity contribution in [2.75, 3.05) is 7.11 Å². The molecule has 126 valence electrons. The first-order chi connectivity index (χ1) is 12.1. The summed E-state index contributed by atoms with van der Waals surface area (Å²) in [5.41, 5.74) is 1.38. The summed E-state index contributed by atoms with van der Waals surface area (Å²) in [7, 11) is 1.51. The van der Waals surface area contributed by atoms with E-state index in [1.54, 1.807) is 0 Å². The molecule has 0 spiro atoms. The second-order valence-corrected chi connectivity index (χ2v) is 6.82. The highest BCUT2D eigenvalue weighted by Crippen LogP contribution is 2.46. The van der Waals surface area contributed by atoms with Gasteiger partial charge >= 0.3 is 0 Å². The molecule has 5 rings (SSSR count). The van der Waals surface area contributed by atoms with Crippen LogP contribution < -0.4 is 0 Å². The molecule has 0 aromatic heterocycles. The van der Waals surface area contributed by atoms with Crippen molar-refractivity contribution in [2.45, 2.75) is 24.4 Å². The molecule has 0 heterocycles. The summed E-state index contributed by atoms with van der Waals surface area (Å²) in [6, 6.07) is 16.3. The van der Waals surface area contributed by atoms with Gasteiger partial charge in [-0.05, 0) is 49.5 Å². The third kappa shape index (κ3) is 1.85. The smallest absolute Gasteiger partial charge is 0.113 e. The third-order valence-electron chi connectivity index (χ3n) is 5.56. The fourth-order valence-electron chi connectivity index (χ4n) is 4.39. The number of methoxy groups -OCH3 is 1. The van der Waals surface area contributed by atoms with Crippen LogP contribution in [0.25, 0.3) is 32.3 Å². The molecular weight excluding hydrogens is 316 g/mol. The number of benzene rings is 4. The predicted octanol–water partition coefficient (Wildman–Crippen LogP) is 3.04. The van der Waals surface area contributed by atoms with Gasteiger partial charge in [0.25, 0.3) is 0 Å². The molecule has 4 nitrogen and oxygen atoms in total. The van der Waals surface area contributed by atoms with E-state index < -0.39 is 24.4 Å². The van der Waals surface area contributed by atoms with Gasteiger partial charge in [-0.15, -0.1) is 0 Å². The molecule has 0 amide bonds. The van der Waals surface area contributed by atoms with Crippen molar-refractivity contribution in [3.8, 4) is 0 Å². The van der Waals surface area contributed by atoms with Crippen LogP contribution in [0.15, 0.2) is 48.5 Å². The number of ether oxygens (including phenoxy) is 1.